The van der Waals surface area contributed by atoms with Crippen molar-refractivity contribution in [2.45, 2.75) is 46.2 Å². The number of hydrogen-bond acceptors (Lipinski definition) is 2. The number of nitrogens with one attached hydrogen (secondary N) is 1. The molecule has 2 aromatic rings. The van der Waals surface area contributed by atoms with Crippen molar-refractivity contribution in [3.05, 3.63) is 69.7 Å². The second kappa shape index (κ2) is 9.56. The Balaban J connectivity index is 2.33. The third-order valence-electron chi connectivity index (χ3n) is 4.57. The quantitative estimate of drug-likeness (QED) is 0.780. The first-order valence-electron chi connectivity index (χ1n) is 9.17. The van der Waals surface area contributed by atoms with Crippen LogP contribution in [0.4, 0.5) is 0 Å². The Morgan fingerprint density at radius 3 is 2.30 bits per heavy atom. The normalized spacial score (nSPS) is 11.7. The van der Waals surface area contributed by atoms with Crippen LogP contribution in [0, 0.1) is 13.8 Å². The standard InChI is InChI=1S/C22H27ClN2O2/c1-5-20(22(27)24-4)25(14-18-8-6-7-9-19(18)23)21(26)13-17-11-15(2)10-16(3)12-17/h6-12,20H,5,13-14H2,1-4H3,(H,24,27). The molecule has 0 aromatic heterocycles. The topological polar surface area (TPSA) is 49.4 Å². The number of amides is 2. The van der Waals surface area contributed by atoms with Gasteiger partial charge in [-0.2, -0.15) is 0 Å². The maximum Gasteiger partial charge on any atom is 0.242 e. The molecule has 2 amide bonds. The van der Waals surface area contributed by atoms with Gasteiger partial charge in [-0.05, 0) is 37.5 Å². The monoisotopic (exact) mass is 386 g/mol. The number of hydrogen-bond donors (Lipinski definition) is 1. The number of aryl methyl sites for hydroxylation is 2. The van der Waals surface area contributed by atoms with E-state index < -0.39 is 6.04 Å². The number of nitrogens with zero attached hydrogens (tertiary/aromatic N) is 1. The molecule has 0 aliphatic heterocycles. The Bertz CT molecular complexity index is 799. The lowest BCUT2D eigenvalue weighted by molar-refractivity contribution is -0.140. The summed E-state index contributed by atoms with van der Waals surface area (Å²) in [6.45, 7) is 6.24. The summed E-state index contributed by atoms with van der Waals surface area (Å²) >= 11 is 6.30. The lowest BCUT2D eigenvalue weighted by Gasteiger charge is -2.30. The van der Waals surface area contributed by atoms with Crippen molar-refractivity contribution in [1.29, 1.82) is 0 Å². The second-order valence-corrected chi connectivity index (χ2v) is 7.23. The molecule has 2 rings (SSSR count). The second-order valence-electron chi connectivity index (χ2n) is 6.82. The van der Waals surface area contributed by atoms with Crippen molar-refractivity contribution in [2.75, 3.05) is 7.05 Å². The van der Waals surface area contributed by atoms with Crippen LogP contribution in [-0.2, 0) is 22.6 Å². The van der Waals surface area contributed by atoms with Gasteiger partial charge in [0, 0.05) is 18.6 Å². The van der Waals surface area contributed by atoms with Crippen molar-refractivity contribution in [2.24, 2.45) is 0 Å². The highest BCUT2D eigenvalue weighted by Gasteiger charge is 2.28. The van der Waals surface area contributed by atoms with Gasteiger partial charge in [0.1, 0.15) is 6.04 Å². The van der Waals surface area contributed by atoms with Gasteiger partial charge >= 0.3 is 0 Å². The minimum atomic E-state index is -0.537. The van der Waals surface area contributed by atoms with Crippen LogP contribution in [0.15, 0.2) is 42.5 Å². The van der Waals surface area contributed by atoms with Gasteiger partial charge in [-0.15, -0.1) is 0 Å². The average Bonchev–Trinajstić information content (AvgIpc) is 2.61. The van der Waals surface area contributed by atoms with E-state index >= 15 is 0 Å². The average molecular weight is 387 g/mol. The smallest absolute Gasteiger partial charge is 0.242 e. The van der Waals surface area contributed by atoms with Crippen LogP contribution in [0.25, 0.3) is 0 Å². The van der Waals surface area contributed by atoms with Crippen LogP contribution < -0.4 is 5.32 Å². The highest BCUT2D eigenvalue weighted by atomic mass is 35.5. The Labute approximate surface area is 166 Å². The van der Waals surface area contributed by atoms with E-state index in [2.05, 4.69) is 11.4 Å². The summed E-state index contributed by atoms with van der Waals surface area (Å²) < 4.78 is 0. The lowest BCUT2D eigenvalue weighted by Crippen LogP contribution is -2.48. The molecular formula is C22H27ClN2O2. The van der Waals surface area contributed by atoms with Crippen LogP contribution in [-0.4, -0.2) is 29.8 Å². The molecule has 4 nitrogen and oxygen atoms in total. The number of likely N-dealkylation sites (N-methyl/N-ethyl adjacent to an activating group) is 1. The fraction of sp³-hybridized carbons (Fsp3) is 0.364. The molecule has 0 bridgehead atoms. The van der Waals surface area contributed by atoms with E-state index in [4.69, 9.17) is 11.6 Å². The third-order valence-corrected chi connectivity index (χ3v) is 4.94. The summed E-state index contributed by atoms with van der Waals surface area (Å²) in [5.74, 6) is -0.256. The first-order valence-corrected chi connectivity index (χ1v) is 9.55. The number of rotatable bonds is 7. The predicted octanol–water partition coefficient (Wildman–Crippen LogP) is 4.05. The van der Waals surface area contributed by atoms with Crippen molar-refractivity contribution in [3.8, 4) is 0 Å². The van der Waals surface area contributed by atoms with E-state index in [1.807, 2.05) is 51.1 Å². The van der Waals surface area contributed by atoms with Gasteiger partial charge in [0.2, 0.25) is 11.8 Å². The van der Waals surface area contributed by atoms with Gasteiger partial charge in [-0.1, -0.05) is 66.0 Å². The molecule has 0 aliphatic rings. The van der Waals surface area contributed by atoms with Crippen molar-refractivity contribution < 1.29 is 9.59 Å². The minimum Gasteiger partial charge on any atom is -0.357 e. The van der Waals surface area contributed by atoms with Crippen LogP contribution in [0.1, 0.15) is 35.6 Å². The molecule has 1 atom stereocenters. The van der Waals surface area contributed by atoms with Crippen molar-refractivity contribution in [3.63, 3.8) is 0 Å². The van der Waals surface area contributed by atoms with E-state index in [9.17, 15) is 9.59 Å². The summed E-state index contributed by atoms with van der Waals surface area (Å²) in [4.78, 5) is 27.2. The van der Waals surface area contributed by atoms with E-state index in [0.717, 1.165) is 22.3 Å². The molecule has 0 radical (unpaired) electrons. The predicted molar refractivity (Wildman–Crippen MR) is 110 cm³/mol. The van der Waals surface area contributed by atoms with Gasteiger partial charge in [0.15, 0.2) is 0 Å². The van der Waals surface area contributed by atoms with Crippen LogP contribution >= 0.6 is 11.6 Å². The number of halogens is 1. The minimum absolute atomic E-state index is 0.0876. The van der Waals surface area contributed by atoms with Crippen molar-refractivity contribution in [1.82, 2.24) is 10.2 Å². The first kappa shape index (κ1) is 21.0. The van der Waals surface area contributed by atoms with E-state index in [0.29, 0.717) is 18.0 Å². The molecule has 2 aromatic carbocycles. The molecule has 1 N–H and O–H groups in total. The van der Waals surface area contributed by atoms with Gasteiger partial charge < -0.3 is 10.2 Å². The van der Waals surface area contributed by atoms with E-state index in [1.54, 1.807) is 18.0 Å². The zero-order valence-electron chi connectivity index (χ0n) is 16.4. The Morgan fingerprint density at radius 2 is 1.74 bits per heavy atom. The fourth-order valence-electron chi connectivity index (χ4n) is 3.34. The lowest BCUT2D eigenvalue weighted by atomic mass is 10.0. The Kier molecular flexibility index (Phi) is 7.43. The van der Waals surface area contributed by atoms with Crippen molar-refractivity contribution >= 4 is 23.4 Å². The molecule has 0 spiro atoms. The molecule has 1 unspecified atom stereocenters. The van der Waals surface area contributed by atoms with E-state index in [1.165, 1.54) is 0 Å². The first-order chi connectivity index (χ1) is 12.8. The molecule has 0 saturated carbocycles. The van der Waals surface area contributed by atoms with Gasteiger partial charge in [0.25, 0.3) is 0 Å². The number of carbonyl (C=O) groups is 2. The Morgan fingerprint density at radius 1 is 1.11 bits per heavy atom. The van der Waals surface area contributed by atoms with Gasteiger partial charge in [0.05, 0.1) is 6.42 Å². The molecule has 0 fully saturated rings. The van der Waals surface area contributed by atoms with E-state index in [-0.39, 0.29) is 18.2 Å². The summed E-state index contributed by atoms with van der Waals surface area (Å²) in [5, 5.41) is 3.26. The maximum atomic E-state index is 13.2. The van der Waals surface area contributed by atoms with Gasteiger partial charge in [-0.3, -0.25) is 9.59 Å². The summed E-state index contributed by atoms with van der Waals surface area (Å²) in [6, 6.07) is 13.0. The summed E-state index contributed by atoms with van der Waals surface area (Å²) in [5.41, 5.74) is 4.02. The molecule has 5 heteroatoms. The molecule has 0 heterocycles. The molecule has 27 heavy (non-hydrogen) atoms. The highest BCUT2D eigenvalue weighted by Crippen LogP contribution is 2.21. The van der Waals surface area contributed by atoms with Crippen LogP contribution in [0.5, 0.6) is 0 Å². The fourth-order valence-corrected chi connectivity index (χ4v) is 3.54. The molecule has 144 valence electrons. The molecular weight excluding hydrogens is 360 g/mol. The zero-order valence-corrected chi connectivity index (χ0v) is 17.1. The van der Waals surface area contributed by atoms with Crippen LogP contribution in [0.2, 0.25) is 5.02 Å². The number of carbonyl (C=O) groups excluding carboxylic acids is 2. The summed E-state index contributed by atoms with van der Waals surface area (Å²) in [7, 11) is 1.59. The van der Waals surface area contributed by atoms with Crippen LogP contribution in [0.3, 0.4) is 0 Å². The Hall–Kier alpha value is -2.33. The molecule has 0 aliphatic carbocycles. The van der Waals surface area contributed by atoms with Gasteiger partial charge in [-0.25, -0.2) is 0 Å². The third kappa shape index (κ3) is 5.57. The SMILES string of the molecule is CCC(C(=O)NC)N(Cc1ccccc1Cl)C(=O)Cc1cc(C)cc(C)c1. The summed E-state index contributed by atoms with van der Waals surface area (Å²) in [6.07, 6.45) is 0.781. The maximum absolute atomic E-state index is 13.2. The number of benzene rings is 2. The highest BCUT2D eigenvalue weighted by molar-refractivity contribution is 6.31. The zero-order chi connectivity index (χ0) is 20.0. The molecule has 0 saturated heterocycles. The largest absolute Gasteiger partial charge is 0.357 e.